The molecule has 2 aromatic rings. The van der Waals surface area contributed by atoms with E-state index in [2.05, 4.69) is 37.9 Å². The van der Waals surface area contributed by atoms with Gasteiger partial charge in [0.1, 0.15) is 0 Å². The predicted molar refractivity (Wildman–Crippen MR) is 74.5 cm³/mol. The van der Waals surface area contributed by atoms with Crippen LogP contribution in [0.15, 0.2) is 30.6 Å². The molecule has 0 saturated heterocycles. The van der Waals surface area contributed by atoms with Gasteiger partial charge in [-0.05, 0) is 40.8 Å². The molecule has 2 rings (SSSR count). The van der Waals surface area contributed by atoms with Gasteiger partial charge in [-0.25, -0.2) is 9.97 Å². The first kappa shape index (κ1) is 11.9. The van der Waals surface area contributed by atoms with Gasteiger partial charge in [-0.1, -0.05) is 23.2 Å². The summed E-state index contributed by atoms with van der Waals surface area (Å²) >= 11 is 14.0. The first-order valence-electron chi connectivity index (χ1n) is 4.35. The Kier molecular flexibility index (Phi) is 3.83. The topological polar surface area (TPSA) is 37.8 Å². The van der Waals surface area contributed by atoms with Gasteiger partial charge in [0.25, 0.3) is 0 Å². The predicted octanol–water partition coefficient (Wildman–Crippen LogP) is 4.13. The van der Waals surface area contributed by atoms with E-state index >= 15 is 0 Å². The van der Waals surface area contributed by atoms with Crippen LogP contribution >= 0.6 is 45.8 Å². The second kappa shape index (κ2) is 5.16. The van der Waals surface area contributed by atoms with Crippen LogP contribution in [0.3, 0.4) is 0 Å². The summed E-state index contributed by atoms with van der Waals surface area (Å²) in [5.41, 5.74) is 0.690. The van der Waals surface area contributed by atoms with Crippen LogP contribution in [0, 0.1) is 3.57 Å². The number of nitrogens with zero attached hydrogens (tertiary/aromatic N) is 2. The van der Waals surface area contributed by atoms with Gasteiger partial charge in [-0.3, -0.25) is 0 Å². The molecule has 0 unspecified atom stereocenters. The quantitative estimate of drug-likeness (QED) is 0.813. The van der Waals surface area contributed by atoms with E-state index in [1.165, 1.54) is 0 Å². The lowest BCUT2D eigenvalue weighted by molar-refractivity contribution is 1.15. The monoisotopic (exact) mass is 365 g/mol. The third kappa shape index (κ3) is 2.96. The molecule has 1 aromatic carbocycles. The fourth-order valence-electron chi connectivity index (χ4n) is 1.09. The highest BCUT2D eigenvalue weighted by Crippen LogP contribution is 2.27. The average Bonchev–Trinajstić information content (AvgIpc) is 2.27. The fraction of sp³-hybridized carbons (Fsp3) is 0. The second-order valence-electron chi connectivity index (χ2n) is 2.97. The summed E-state index contributed by atoms with van der Waals surface area (Å²) in [5.74, 6) is 0.490. The lowest BCUT2D eigenvalue weighted by Crippen LogP contribution is -1.97. The van der Waals surface area contributed by atoms with Gasteiger partial charge in [0.2, 0.25) is 5.95 Å². The molecular weight excluding hydrogens is 360 g/mol. The molecule has 1 aromatic heterocycles. The number of aromatic nitrogens is 2. The molecule has 1 N–H and O–H groups in total. The molecule has 0 atom stereocenters. The maximum absolute atomic E-state index is 6.00. The minimum absolute atomic E-state index is 0.490. The summed E-state index contributed by atoms with van der Waals surface area (Å²) in [6.07, 6.45) is 3.43. The Morgan fingerprint density at radius 2 is 1.81 bits per heavy atom. The lowest BCUT2D eigenvalue weighted by Gasteiger charge is -2.06. The highest BCUT2D eigenvalue weighted by Gasteiger charge is 2.03. The van der Waals surface area contributed by atoms with E-state index in [-0.39, 0.29) is 0 Å². The Hall–Kier alpha value is -0.590. The summed E-state index contributed by atoms with van der Waals surface area (Å²) in [4.78, 5) is 8.23. The molecule has 16 heavy (non-hydrogen) atoms. The number of nitrogens with one attached hydrogen (secondary N) is 1. The highest BCUT2D eigenvalue weighted by atomic mass is 127. The summed E-state index contributed by atoms with van der Waals surface area (Å²) in [5, 5.41) is 4.18. The van der Waals surface area contributed by atoms with Gasteiger partial charge in [0, 0.05) is 21.0 Å². The first-order chi connectivity index (χ1) is 7.65. The maximum atomic E-state index is 6.00. The third-order valence-corrected chi connectivity index (χ3v) is 2.92. The van der Waals surface area contributed by atoms with Crippen molar-refractivity contribution in [1.29, 1.82) is 0 Å². The van der Waals surface area contributed by atoms with Crippen molar-refractivity contribution < 1.29 is 0 Å². The van der Waals surface area contributed by atoms with Crippen molar-refractivity contribution in [1.82, 2.24) is 9.97 Å². The number of halogens is 3. The fourth-order valence-corrected chi connectivity index (χ4v) is 1.71. The van der Waals surface area contributed by atoms with Gasteiger partial charge in [-0.2, -0.15) is 0 Å². The molecule has 0 saturated carbocycles. The second-order valence-corrected chi connectivity index (χ2v) is 5.06. The Morgan fingerprint density at radius 3 is 2.50 bits per heavy atom. The average molecular weight is 366 g/mol. The van der Waals surface area contributed by atoms with E-state index in [0.717, 1.165) is 3.57 Å². The zero-order chi connectivity index (χ0) is 11.5. The largest absolute Gasteiger partial charge is 0.323 e. The highest BCUT2D eigenvalue weighted by molar-refractivity contribution is 14.1. The Labute approximate surface area is 116 Å². The SMILES string of the molecule is Clc1ccc(Cl)c(Nc2ncc(I)cn2)c1. The number of hydrogen-bond donors (Lipinski definition) is 1. The standard InChI is InChI=1S/C10H6Cl2IN3/c11-6-1-2-8(12)9(3-6)16-10-14-4-7(13)5-15-10/h1-5H,(H,14,15,16). The molecule has 0 aliphatic carbocycles. The number of benzene rings is 1. The Morgan fingerprint density at radius 1 is 1.12 bits per heavy atom. The van der Waals surface area contributed by atoms with E-state index in [1.807, 2.05) is 0 Å². The van der Waals surface area contributed by atoms with Gasteiger partial charge in [0.05, 0.1) is 10.7 Å². The molecule has 0 radical (unpaired) electrons. The number of hydrogen-bond acceptors (Lipinski definition) is 3. The van der Waals surface area contributed by atoms with Crippen LogP contribution in [-0.2, 0) is 0 Å². The van der Waals surface area contributed by atoms with Crippen LogP contribution in [0.4, 0.5) is 11.6 Å². The van der Waals surface area contributed by atoms with Crippen molar-refractivity contribution in [2.45, 2.75) is 0 Å². The Balaban J connectivity index is 2.26. The first-order valence-corrected chi connectivity index (χ1v) is 6.18. The van der Waals surface area contributed by atoms with Gasteiger partial charge in [-0.15, -0.1) is 0 Å². The van der Waals surface area contributed by atoms with Crippen LogP contribution in [0.2, 0.25) is 10.0 Å². The minimum Gasteiger partial charge on any atom is -0.323 e. The van der Waals surface area contributed by atoms with E-state index in [9.17, 15) is 0 Å². The molecule has 82 valence electrons. The summed E-state index contributed by atoms with van der Waals surface area (Å²) < 4.78 is 0.973. The van der Waals surface area contributed by atoms with Crippen LogP contribution in [-0.4, -0.2) is 9.97 Å². The summed E-state index contributed by atoms with van der Waals surface area (Å²) in [6, 6.07) is 5.17. The van der Waals surface area contributed by atoms with Crippen LogP contribution in [0.5, 0.6) is 0 Å². The van der Waals surface area contributed by atoms with E-state index in [1.54, 1.807) is 30.6 Å². The maximum Gasteiger partial charge on any atom is 0.227 e. The third-order valence-electron chi connectivity index (χ3n) is 1.80. The molecule has 0 spiro atoms. The lowest BCUT2D eigenvalue weighted by atomic mass is 10.3. The van der Waals surface area contributed by atoms with E-state index < -0.39 is 0 Å². The van der Waals surface area contributed by atoms with Crippen molar-refractivity contribution in [2.24, 2.45) is 0 Å². The molecule has 0 bridgehead atoms. The zero-order valence-corrected chi connectivity index (χ0v) is 11.6. The molecule has 6 heteroatoms. The van der Waals surface area contributed by atoms with E-state index in [0.29, 0.717) is 21.7 Å². The normalized spacial score (nSPS) is 10.2. The van der Waals surface area contributed by atoms with Crippen molar-refractivity contribution in [3.8, 4) is 0 Å². The molecule has 0 amide bonds. The van der Waals surface area contributed by atoms with E-state index in [4.69, 9.17) is 23.2 Å². The molecule has 1 heterocycles. The van der Waals surface area contributed by atoms with Gasteiger partial charge in [0.15, 0.2) is 0 Å². The van der Waals surface area contributed by atoms with Crippen molar-refractivity contribution in [3.63, 3.8) is 0 Å². The molecular formula is C10H6Cl2IN3. The number of anilines is 2. The van der Waals surface area contributed by atoms with Crippen LogP contribution in [0.1, 0.15) is 0 Å². The van der Waals surface area contributed by atoms with Crippen LogP contribution < -0.4 is 5.32 Å². The minimum atomic E-state index is 0.490. The number of rotatable bonds is 2. The van der Waals surface area contributed by atoms with Crippen LogP contribution in [0.25, 0.3) is 0 Å². The van der Waals surface area contributed by atoms with Gasteiger partial charge >= 0.3 is 0 Å². The smallest absolute Gasteiger partial charge is 0.227 e. The molecule has 0 fully saturated rings. The molecule has 0 aliphatic heterocycles. The molecule has 3 nitrogen and oxygen atoms in total. The molecule has 0 aliphatic rings. The zero-order valence-electron chi connectivity index (χ0n) is 7.92. The van der Waals surface area contributed by atoms with Crippen molar-refractivity contribution in [2.75, 3.05) is 5.32 Å². The van der Waals surface area contributed by atoms with Crippen molar-refractivity contribution in [3.05, 3.63) is 44.2 Å². The summed E-state index contributed by atoms with van der Waals surface area (Å²) in [7, 11) is 0. The Bertz CT molecular complexity index is 502. The summed E-state index contributed by atoms with van der Waals surface area (Å²) in [6.45, 7) is 0. The van der Waals surface area contributed by atoms with Crippen molar-refractivity contribution >= 4 is 57.4 Å². The van der Waals surface area contributed by atoms with Gasteiger partial charge < -0.3 is 5.32 Å².